The molecule has 0 N–H and O–H groups in total. The lowest BCUT2D eigenvalue weighted by atomic mass is 9.98. The summed E-state index contributed by atoms with van der Waals surface area (Å²) in [6.45, 7) is 0. The number of alkyl halides is 6. The van der Waals surface area contributed by atoms with E-state index in [-0.39, 0.29) is 11.1 Å². The van der Waals surface area contributed by atoms with E-state index in [1.165, 1.54) is 18.2 Å². The molecule has 7 heteroatoms. The highest BCUT2D eigenvalue weighted by molar-refractivity contribution is 6.31. The van der Waals surface area contributed by atoms with Crippen LogP contribution in [0.3, 0.4) is 0 Å². The highest BCUT2D eigenvalue weighted by Gasteiger charge is 2.35. The van der Waals surface area contributed by atoms with E-state index >= 15 is 0 Å². The van der Waals surface area contributed by atoms with Gasteiger partial charge >= 0.3 is 12.4 Å². The third-order valence-electron chi connectivity index (χ3n) is 2.82. The van der Waals surface area contributed by atoms with Gasteiger partial charge in [0.25, 0.3) is 0 Å². The average molecular weight is 325 g/mol. The Bertz CT molecular complexity index is 657. The first-order chi connectivity index (χ1) is 9.60. The molecular formula is C14H7ClF6. The predicted molar refractivity (Wildman–Crippen MR) is 66.9 cm³/mol. The molecule has 0 bridgehead atoms. The first kappa shape index (κ1) is 15.7. The van der Waals surface area contributed by atoms with Crippen molar-refractivity contribution in [2.24, 2.45) is 0 Å². The molecule has 0 aromatic heterocycles. The number of hydrogen-bond donors (Lipinski definition) is 0. The van der Waals surface area contributed by atoms with E-state index in [0.717, 1.165) is 18.2 Å². The summed E-state index contributed by atoms with van der Waals surface area (Å²) in [5, 5.41) is -0.642. The van der Waals surface area contributed by atoms with E-state index in [1.807, 2.05) is 0 Å². The van der Waals surface area contributed by atoms with Crippen LogP contribution in [0.25, 0.3) is 11.1 Å². The standard InChI is InChI=1S/C14H7ClF6/c15-12-7-8(5-6-11(12)14(19,20)21)9-3-1-2-4-10(9)13(16,17)18/h1-7H. The second kappa shape index (κ2) is 5.26. The Kier molecular flexibility index (Phi) is 3.93. The van der Waals surface area contributed by atoms with Crippen LogP contribution in [-0.4, -0.2) is 0 Å². The van der Waals surface area contributed by atoms with Crippen molar-refractivity contribution >= 4 is 11.6 Å². The van der Waals surface area contributed by atoms with Crippen molar-refractivity contribution < 1.29 is 26.3 Å². The van der Waals surface area contributed by atoms with Gasteiger partial charge in [-0.25, -0.2) is 0 Å². The summed E-state index contributed by atoms with van der Waals surface area (Å²) in [7, 11) is 0. The molecule has 21 heavy (non-hydrogen) atoms. The smallest absolute Gasteiger partial charge is 0.166 e. The van der Waals surface area contributed by atoms with E-state index in [9.17, 15) is 26.3 Å². The number of hydrogen-bond acceptors (Lipinski definition) is 0. The van der Waals surface area contributed by atoms with Gasteiger partial charge in [0.1, 0.15) is 0 Å². The van der Waals surface area contributed by atoms with Crippen LogP contribution in [0.2, 0.25) is 5.02 Å². The van der Waals surface area contributed by atoms with E-state index in [0.29, 0.717) is 6.07 Å². The molecule has 112 valence electrons. The molecule has 0 aliphatic rings. The van der Waals surface area contributed by atoms with Crippen molar-refractivity contribution in [3.63, 3.8) is 0 Å². The fourth-order valence-corrected chi connectivity index (χ4v) is 2.18. The predicted octanol–water partition coefficient (Wildman–Crippen LogP) is 6.04. The SMILES string of the molecule is FC(F)(F)c1ccc(-c2ccccc2C(F)(F)F)cc1Cl. The summed E-state index contributed by atoms with van der Waals surface area (Å²) in [6.07, 6.45) is -9.26. The zero-order valence-electron chi connectivity index (χ0n) is 10.2. The van der Waals surface area contributed by atoms with Gasteiger partial charge < -0.3 is 0 Å². The van der Waals surface area contributed by atoms with Crippen molar-refractivity contribution in [1.82, 2.24) is 0 Å². The van der Waals surface area contributed by atoms with E-state index < -0.39 is 28.5 Å². The molecular weight excluding hydrogens is 318 g/mol. The molecule has 2 aromatic carbocycles. The molecule has 0 radical (unpaired) electrons. The van der Waals surface area contributed by atoms with Crippen LogP contribution in [0.4, 0.5) is 26.3 Å². The molecule has 0 aliphatic heterocycles. The molecule has 0 fully saturated rings. The minimum Gasteiger partial charge on any atom is -0.166 e. The second-order valence-corrected chi connectivity index (χ2v) is 4.64. The zero-order valence-corrected chi connectivity index (χ0v) is 10.9. The van der Waals surface area contributed by atoms with E-state index in [4.69, 9.17) is 11.6 Å². The summed E-state index contributed by atoms with van der Waals surface area (Å²) in [6, 6.07) is 7.15. The lowest BCUT2D eigenvalue weighted by Gasteiger charge is -2.14. The van der Waals surface area contributed by atoms with Gasteiger partial charge in [0, 0.05) is 0 Å². The van der Waals surface area contributed by atoms with Gasteiger partial charge in [-0.3, -0.25) is 0 Å². The molecule has 0 saturated heterocycles. The van der Waals surface area contributed by atoms with Crippen LogP contribution in [0.15, 0.2) is 42.5 Å². The van der Waals surface area contributed by atoms with Gasteiger partial charge in [-0.1, -0.05) is 35.9 Å². The first-order valence-corrected chi connectivity index (χ1v) is 6.02. The number of halogens is 7. The third kappa shape index (κ3) is 3.32. The summed E-state index contributed by atoms with van der Waals surface area (Å²) in [5.41, 5.74) is -2.26. The summed E-state index contributed by atoms with van der Waals surface area (Å²) in [4.78, 5) is 0. The highest BCUT2D eigenvalue weighted by Crippen LogP contribution is 2.40. The maximum absolute atomic E-state index is 12.9. The van der Waals surface area contributed by atoms with Crippen LogP contribution in [0.5, 0.6) is 0 Å². The summed E-state index contributed by atoms with van der Waals surface area (Å²) >= 11 is 5.53. The normalized spacial score (nSPS) is 12.5. The molecule has 0 aliphatic carbocycles. The van der Waals surface area contributed by atoms with E-state index in [1.54, 1.807) is 0 Å². The Morgan fingerprint density at radius 2 is 1.29 bits per heavy atom. The van der Waals surface area contributed by atoms with Crippen LogP contribution in [-0.2, 0) is 12.4 Å². The third-order valence-corrected chi connectivity index (χ3v) is 3.13. The zero-order chi connectivity index (χ0) is 15.8. The van der Waals surface area contributed by atoms with Gasteiger partial charge in [-0.15, -0.1) is 0 Å². The van der Waals surface area contributed by atoms with Gasteiger partial charge in [-0.2, -0.15) is 26.3 Å². The fourth-order valence-electron chi connectivity index (χ4n) is 1.89. The minimum absolute atomic E-state index is 0.0269. The highest BCUT2D eigenvalue weighted by atomic mass is 35.5. The maximum atomic E-state index is 12.9. The van der Waals surface area contributed by atoms with Crippen LogP contribution in [0.1, 0.15) is 11.1 Å². The van der Waals surface area contributed by atoms with Crippen LogP contribution < -0.4 is 0 Å². The molecule has 0 nitrogen and oxygen atoms in total. The van der Waals surface area contributed by atoms with Crippen molar-refractivity contribution in [3.8, 4) is 11.1 Å². The van der Waals surface area contributed by atoms with Crippen molar-refractivity contribution in [3.05, 3.63) is 58.6 Å². The van der Waals surface area contributed by atoms with Crippen molar-refractivity contribution in [2.45, 2.75) is 12.4 Å². The molecule has 0 spiro atoms. The summed E-state index contributed by atoms with van der Waals surface area (Å²) < 4.78 is 76.4. The molecule has 2 aromatic rings. The Morgan fingerprint density at radius 1 is 0.714 bits per heavy atom. The van der Waals surface area contributed by atoms with Gasteiger partial charge in [0.05, 0.1) is 16.1 Å². The second-order valence-electron chi connectivity index (χ2n) is 4.24. The van der Waals surface area contributed by atoms with Crippen molar-refractivity contribution in [2.75, 3.05) is 0 Å². The summed E-state index contributed by atoms with van der Waals surface area (Å²) in [5.74, 6) is 0. The quantitative estimate of drug-likeness (QED) is 0.561. The molecule has 0 unspecified atom stereocenters. The average Bonchev–Trinajstić information content (AvgIpc) is 2.36. The first-order valence-electron chi connectivity index (χ1n) is 5.64. The van der Waals surface area contributed by atoms with Crippen LogP contribution >= 0.6 is 11.6 Å². The Balaban J connectivity index is 2.57. The van der Waals surface area contributed by atoms with Crippen molar-refractivity contribution in [1.29, 1.82) is 0 Å². The van der Waals surface area contributed by atoms with Gasteiger partial charge in [0.2, 0.25) is 0 Å². The molecule has 0 atom stereocenters. The molecule has 0 amide bonds. The Labute approximate surface area is 121 Å². The van der Waals surface area contributed by atoms with Crippen LogP contribution in [0, 0.1) is 0 Å². The number of rotatable bonds is 1. The Hall–Kier alpha value is -1.69. The van der Waals surface area contributed by atoms with E-state index in [2.05, 4.69) is 0 Å². The number of benzene rings is 2. The molecule has 0 saturated carbocycles. The topological polar surface area (TPSA) is 0 Å². The Morgan fingerprint density at radius 3 is 1.81 bits per heavy atom. The monoisotopic (exact) mass is 324 g/mol. The lowest BCUT2D eigenvalue weighted by molar-refractivity contribution is -0.138. The molecule has 0 heterocycles. The minimum atomic E-state index is -4.65. The largest absolute Gasteiger partial charge is 0.417 e. The maximum Gasteiger partial charge on any atom is 0.417 e. The van der Waals surface area contributed by atoms with Gasteiger partial charge in [-0.05, 0) is 29.3 Å². The van der Waals surface area contributed by atoms with Gasteiger partial charge in [0.15, 0.2) is 0 Å². The lowest BCUT2D eigenvalue weighted by Crippen LogP contribution is -2.08. The molecule has 2 rings (SSSR count). The fraction of sp³-hybridized carbons (Fsp3) is 0.143.